The molecular formula is C29H30N2O6S. The van der Waals surface area contributed by atoms with E-state index in [1.54, 1.807) is 14.0 Å². The number of hydrogen-bond acceptors (Lipinski definition) is 7. The van der Waals surface area contributed by atoms with Gasteiger partial charge in [0.1, 0.15) is 5.75 Å². The summed E-state index contributed by atoms with van der Waals surface area (Å²) in [5.74, 6) is -0.166. The van der Waals surface area contributed by atoms with Crippen molar-refractivity contribution in [3.8, 4) is 5.75 Å². The van der Waals surface area contributed by atoms with Gasteiger partial charge in [0.25, 0.3) is 5.91 Å². The molecule has 0 radical (unpaired) electrons. The third kappa shape index (κ3) is 5.15. The lowest BCUT2D eigenvalue weighted by molar-refractivity contribution is -0.136. The Kier molecular flexibility index (Phi) is 7.21. The summed E-state index contributed by atoms with van der Waals surface area (Å²) in [6.45, 7) is 1.71. The molecule has 38 heavy (non-hydrogen) atoms. The molecule has 1 saturated heterocycles. The van der Waals surface area contributed by atoms with Crippen molar-refractivity contribution in [3.05, 3.63) is 70.9 Å². The number of pyridine rings is 1. The van der Waals surface area contributed by atoms with E-state index in [1.807, 2.05) is 48.5 Å². The Bertz CT molecular complexity index is 1530. The summed E-state index contributed by atoms with van der Waals surface area (Å²) < 4.78 is 34.6. The van der Waals surface area contributed by atoms with Gasteiger partial charge in [-0.2, -0.15) is 0 Å². The second kappa shape index (κ2) is 10.6. The Morgan fingerprint density at radius 1 is 1.11 bits per heavy atom. The number of methoxy groups -OCH3 is 1. The number of nitrogens with zero attached hydrogens (tertiary/aromatic N) is 2. The van der Waals surface area contributed by atoms with Gasteiger partial charge in [0.2, 0.25) is 0 Å². The van der Waals surface area contributed by atoms with Crippen LogP contribution in [0.15, 0.2) is 48.5 Å². The maximum Gasteiger partial charge on any atom is 0.339 e. The van der Waals surface area contributed by atoms with Gasteiger partial charge in [0.05, 0.1) is 35.4 Å². The lowest BCUT2D eigenvalue weighted by atomic mass is 10.0. The van der Waals surface area contributed by atoms with Gasteiger partial charge >= 0.3 is 5.97 Å². The molecular weight excluding hydrogens is 504 g/mol. The van der Waals surface area contributed by atoms with Crippen LogP contribution in [0.1, 0.15) is 46.9 Å². The summed E-state index contributed by atoms with van der Waals surface area (Å²) >= 11 is 0. The molecule has 1 fully saturated rings. The van der Waals surface area contributed by atoms with Crippen LogP contribution < -0.4 is 4.74 Å². The number of amides is 1. The number of esters is 1. The predicted molar refractivity (Wildman–Crippen MR) is 146 cm³/mol. The number of para-hydroxylation sites is 1. The van der Waals surface area contributed by atoms with Gasteiger partial charge in [-0.15, -0.1) is 0 Å². The highest BCUT2D eigenvalue weighted by Crippen LogP contribution is 2.38. The van der Waals surface area contributed by atoms with Crippen molar-refractivity contribution in [3.63, 3.8) is 0 Å². The number of benzene rings is 2. The van der Waals surface area contributed by atoms with E-state index in [1.165, 1.54) is 4.90 Å². The number of sulfone groups is 1. The molecule has 5 rings (SSSR count). The molecule has 8 nitrogen and oxygen atoms in total. The van der Waals surface area contributed by atoms with Gasteiger partial charge in [-0.05, 0) is 67.2 Å². The van der Waals surface area contributed by atoms with Crippen molar-refractivity contribution in [1.82, 2.24) is 9.88 Å². The van der Waals surface area contributed by atoms with E-state index in [0.29, 0.717) is 35.9 Å². The average molecular weight is 535 g/mol. The molecule has 198 valence electrons. The summed E-state index contributed by atoms with van der Waals surface area (Å²) in [6.07, 6.45) is 3.83. The van der Waals surface area contributed by atoms with E-state index in [2.05, 4.69) is 6.08 Å². The van der Waals surface area contributed by atoms with Crippen molar-refractivity contribution in [2.24, 2.45) is 0 Å². The van der Waals surface area contributed by atoms with E-state index >= 15 is 0 Å². The highest BCUT2D eigenvalue weighted by Gasteiger charge is 2.34. The van der Waals surface area contributed by atoms with Crippen molar-refractivity contribution in [1.29, 1.82) is 0 Å². The Labute approximate surface area is 222 Å². The van der Waals surface area contributed by atoms with E-state index in [4.69, 9.17) is 14.5 Å². The van der Waals surface area contributed by atoms with Crippen molar-refractivity contribution >= 4 is 44.3 Å². The highest BCUT2D eigenvalue weighted by atomic mass is 32.2. The summed E-state index contributed by atoms with van der Waals surface area (Å²) in [7, 11) is -1.51. The van der Waals surface area contributed by atoms with E-state index in [0.717, 1.165) is 34.6 Å². The number of likely N-dealkylation sites (N-methyl/N-ethyl adjacent to an activating group) is 1. The molecule has 3 aromatic rings. The molecule has 0 saturated carbocycles. The number of allylic oxidation sites excluding steroid dienone is 1. The number of aromatic nitrogens is 1. The van der Waals surface area contributed by atoms with Gasteiger partial charge < -0.3 is 14.4 Å². The average Bonchev–Trinajstić information content (AvgIpc) is 3.48. The lowest BCUT2D eigenvalue weighted by Crippen LogP contribution is -2.43. The maximum absolute atomic E-state index is 13.4. The Morgan fingerprint density at radius 3 is 2.55 bits per heavy atom. The van der Waals surface area contributed by atoms with Gasteiger partial charge in [-0.3, -0.25) is 4.79 Å². The first-order valence-electron chi connectivity index (χ1n) is 12.7. The van der Waals surface area contributed by atoms with Gasteiger partial charge in [0.15, 0.2) is 16.4 Å². The number of hydrogen-bond donors (Lipinski definition) is 0. The van der Waals surface area contributed by atoms with Crippen LogP contribution in [0, 0.1) is 0 Å². The van der Waals surface area contributed by atoms with Gasteiger partial charge in [0, 0.05) is 18.0 Å². The number of ether oxygens (including phenoxy) is 2. The first-order chi connectivity index (χ1) is 18.3. The van der Waals surface area contributed by atoms with Crippen LogP contribution in [0.5, 0.6) is 5.75 Å². The zero-order chi connectivity index (χ0) is 26.9. The summed E-state index contributed by atoms with van der Waals surface area (Å²) in [5, 5.41) is 0.684. The second-order valence-electron chi connectivity index (χ2n) is 9.59. The molecule has 1 amide bonds. The quantitative estimate of drug-likeness (QED) is 0.423. The molecule has 0 spiro atoms. The zero-order valence-electron chi connectivity index (χ0n) is 21.5. The Morgan fingerprint density at radius 2 is 1.87 bits per heavy atom. The van der Waals surface area contributed by atoms with Crippen LogP contribution in [0.2, 0.25) is 0 Å². The fraction of sp³-hybridized carbons (Fsp3) is 0.345. The van der Waals surface area contributed by atoms with Crippen LogP contribution in [-0.2, 0) is 25.8 Å². The fourth-order valence-electron chi connectivity index (χ4n) is 5.36. The number of rotatable bonds is 7. The molecule has 1 aliphatic carbocycles. The Balaban J connectivity index is 1.42. The molecule has 9 heteroatoms. The molecule has 0 N–H and O–H groups in total. The highest BCUT2D eigenvalue weighted by molar-refractivity contribution is 7.91. The monoisotopic (exact) mass is 534 g/mol. The minimum absolute atomic E-state index is 0.0493. The number of fused-ring (bicyclic) bond motifs is 2. The molecule has 2 heterocycles. The minimum Gasteiger partial charge on any atom is -0.497 e. The maximum atomic E-state index is 13.4. The van der Waals surface area contributed by atoms with Crippen molar-refractivity contribution in [2.75, 3.05) is 31.8 Å². The number of carbonyl (C=O) groups excluding carboxylic acids is 2. The largest absolute Gasteiger partial charge is 0.497 e. The fourth-order valence-corrected chi connectivity index (χ4v) is 7.09. The standard InChI is InChI=1S/C29H30N2O6S/c1-3-31(21-14-15-38(34,35)18-21)26(32)17-37-29(33)27-23-6-4-5-7-25(23)30-28-20(10-13-24(27)28)16-19-8-11-22(36-2)12-9-19/h4-9,11-12,16,21H,3,10,13-15,17-18H2,1-2H3/b20-16-/t21-/m1/s1. The molecule has 2 aromatic carbocycles. The SMILES string of the molecule is CCN(C(=O)COC(=O)c1c2c(nc3ccccc13)/C(=C\c1ccc(OC)cc1)CC2)[C@@H]1CCS(=O)(=O)C1. The molecule has 0 bridgehead atoms. The minimum atomic E-state index is -3.14. The third-order valence-corrected chi connectivity index (χ3v) is 8.99. The Hall–Kier alpha value is -3.72. The van der Waals surface area contributed by atoms with Crippen LogP contribution in [-0.4, -0.2) is 68.0 Å². The van der Waals surface area contributed by atoms with E-state index in [-0.39, 0.29) is 17.5 Å². The second-order valence-corrected chi connectivity index (χ2v) is 11.8. The van der Waals surface area contributed by atoms with Crippen molar-refractivity contribution in [2.45, 2.75) is 32.2 Å². The van der Waals surface area contributed by atoms with Crippen LogP contribution >= 0.6 is 0 Å². The first kappa shape index (κ1) is 25.9. The zero-order valence-corrected chi connectivity index (χ0v) is 22.3. The van der Waals surface area contributed by atoms with Crippen LogP contribution in [0.3, 0.4) is 0 Å². The molecule has 1 aromatic heterocycles. The normalized spacial score (nSPS) is 18.9. The van der Waals surface area contributed by atoms with E-state index in [9.17, 15) is 18.0 Å². The summed E-state index contributed by atoms with van der Waals surface area (Å²) in [5.41, 5.74) is 4.73. The topological polar surface area (TPSA) is 103 Å². The molecule has 0 unspecified atom stereocenters. The first-order valence-corrected chi connectivity index (χ1v) is 14.6. The molecule has 1 aliphatic heterocycles. The summed E-state index contributed by atoms with van der Waals surface area (Å²) in [6, 6.07) is 14.8. The summed E-state index contributed by atoms with van der Waals surface area (Å²) in [4.78, 5) is 32.8. The van der Waals surface area contributed by atoms with Crippen LogP contribution in [0.25, 0.3) is 22.6 Å². The third-order valence-electron chi connectivity index (χ3n) is 7.24. The smallest absolute Gasteiger partial charge is 0.339 e. The number of carbonyl (C=O) groups is 2. The predicted octanol–water partition coefficient (Wildman–Crippen LogP) is 3.92. The van der Waals surface area contributed by atoms with Gasteiger partial charge in [-0.25, -0.2) is 18.2 Å². The molecule has 1 atom stereocenters. The molecule has 2 aliphatic rings. The lowest BCUT2D eigenvalue weighted by Gasteiger charge is -2.26. The van der Waals surface area contributed by atoms with E-state index < -0.39 is 28.3 Å². The van der Waals surface area contributed by atoms with Gasteiger partial charge in [-0.1, -0.05) is 30.3 Å². The van der Waals surface area contributed by atoms with Crippen molar-refractivity contribution < 1.29 is 27.5 Å². The van der Waals surface area contributed by atoms with Crippen LogP contribution in [0.4, 0.5) is 0 Å².